The normalized spacial score (nSPS) is 10.7. The average Bonchev–Trinajstić information content (AvgIpc) is 2.21. The summed E-state index contributed by atoms with van der Waals surface area (Å²) in [6.45, 7) is 10.8. The molecule has 2 N–H and O–H groups in total. The zero-order valence-electron chi connectivity index (χ0n) is 12.3. The summed E-state index contributed by atoms with van der Waals surface area (Å²) in [5.74, 6) is -0.350. The number of carbonyl (C=O) groups excluding carboxylic acids is 1. The third-order valence-corrected chi connectivity index (χ3v) is 1.16. The van der Waals surface area contributed by atoms with Crippen molar-refractivity contribution in [3.05, 3.63) is 0 Å². The van der Waals surface area contributed by atoms with E-state index in [2.05, 4.69) is 14.7 Å². The lowest BCUT2D eigenvalue weighted by atomic mass is 9.98. The molecule has 0 aliphatic carbocycles. The van der Waals surface area contributed by atoms with Crippen LogP contribution in [0.15, 0.2) is 0 Å². The summed E-state index contributed by atoms with van der Waals surface area (Å²) in [5.41, 5.74) is -0.952. The van der Waals surface area contributed by atoms with Gasteiger partial charge in [0.2, 0.25) is 0 Å². The summed E-state index contributed by atoms with van der Waals surface area (Å²) < 4.78 is 0. The molecular formula is C11H20O9. The average molecular weight is 296 g/mol. The van der Waals surface area contributed by atoms with E-state index in [0.29, 0.717) is 0 Å². The molecule has 0 rings (SSSR count). The molecule has 0 saturated carbocycles. The van der Waals surface area contributed by atoms with Crippen molar-refractivity contribution in [1.82, 2.24) is 0 Å². The Labute approximate surface area is 116 Å². The molecule has 0 heterocycles. The van der Waals surface area contributed by atoms with Gasteiger partial charge in [0, 0.05) is 0 Å². The Bertz CT molecular complexity index is 321. The van der Waals surface area contributed by atoms with Crippen molar-refractivity contribution in [2.24, 2.45) is 5.41 Å². The Morgan fingerprint density at radius 3 is 1.30 bits per heavy atom. The number of carbonyl (C=O) groups is 3. The second-order valence-corrected chi connectivity index (χ2v) is 5.51. The van der Waals surface area contributed by atoms with Crippen molar-refractivity contribution in [2.75, 3.05) is 0 Å². The van der Waals surface area contributed by atoms with Crippen molar-refractivity contribution in [3.8, 4) is 0 Å². The second kappa shape index (κ2) is 8.20. The van der Waals surface area contributed by atoms with Gasteiger partial charge in [-0.3, -0.25) is 4.89 Å². The molecule has 0 unspecified atom stereocenters. The summed E-state index contributed by atoms with van der Waals surface area (Å²) in [5, 5.41) is 15.1. The fourth-order valence-electron chi connectivity index (χ4n) is 0.359. The van der Waals surface area contributed by atoms with Crippen LogP contribution in [0.3, 0.4) is 0 Å². The molecule has 0 atom stereocenters. The Kier molecular flexibility index (Phi) is 8.32. The van der Waals surface area contributed by atoms with Gasteiger partial charge in [0.05, 0.1) is 5.41 Å². The van der Waals surface area contributed by atoms with E-state index in [1.165, 1.54) is 0 Å². The summed E-state index contributed by atoms with van der Waals surface area (Å²) in [6, 6.07) is 0. The third kappa shape index (κ3) is 16.0. The lowest BCUT2D eigenvalue weighted by Crippen LogP contribution is -2.28. The highest BCUT2D eigenvalue weighted by atomic mass is 17.2. The van der Waals surface area contributed by atoms with Gasteiger partial charge in [-0.05, 0) is 41.5 Å². The van der Waals surface area contributed by atoms with Crippen molar-refractivity contribution in [3.63, 3.8) is 0 Å². The van der Waals surface area contributed by atoms with Gasteiger partial charge in [0.15, 0.2) is 0 Å². The largest absolute Gasteiger partial charge is 0.547 e. The van der Waals surface area contributed by atoms with Crippen LogP contribution < -0.4 is 0 Å². The molecule has 0 aromatic rings. The van der Waals surface area contributed by atoms with Gasteiger partial charge in [0.25, 0.3) is 0 Å². The fraction of sp³-hybridized carbons (Fsp3) is 0.727. The number of hydrogen-bond acceptors (Lipinski definition) is 7. The maximum Gasteiger partial charge on any atom is 0.547 e. The standard InChI is InChI=1S/C9H18O3.C2H2O6/c1-8(2,3)7(10)11-12-9(4,5)6;3-1(4)7-8-2(5)6/h1-6H3;(H,3,4)(H,5,6). The van der Waals surface area contributed by atoms with Gasteiger partial charge in [-0.15, -0.1) is 0 Å². The first-order chi connectivity index (χ1) is 8.75. The molecule has 20 heavy (non-hydrogen) atoms. The van der Waals surface area contributed by atoms with Gasteiger partial charge in [-0.1, -0.05) is 0 Å². The minimum atomic E-state index is -1.80. The monoisotopic (exact) mass is 296 g/mol. The highest BCUT2D eigenvalue weighted by Crippen LogP contribution is 2.17. The Hall–Kier alpha value is -2.03. The molecule has 0 aliphatic heterocycles. The van der Waals surface area contributed by atoms with Crippen LogP contribution in [0.25, 0.3) is 0 Å². The molecule has 9 heteroatoms. The Balaban J connectivity index is 0. The van der Waals surface area contributed by atoms with Crippen LogP contribution in [-0.4, -0.2) is 34.1 Å². The van der Waals surface area contributed by atoms with E-state index in [1.807, 2.05) is 20.8 Å². The van der Waals surface area contributed by atoms with Gasteiger partial charge < -0.3 is 10.2 Å². The molecule has 0 aromatic carbocycles. The molecule has 0 aliphatic rings. The van der Waals surface area contributed by atoms with Crippen molar-refractivity contribution in [1.29, 1.82) is 0 Å². The molecule has 0 fully saturated rings. The van der Waals surface area contributed by atoms with E-state index in [4.69, 9.17) is 15.1 Å². The van der Waals surface area contributed by atoms with E-state index < -0.39 is 23.3 Å². The van der Waals surface area contributed by atoms with Gasteiger partial charge >= 0.3 is 18.3 Å². The van der Waals surface area contributed by atoms with Crippen LogP contribution in [0.1, 0.15) is 41.5 Å². The van der Waals surface area contributed by atoms with Crippen LogP contribution in [0.4, 0.5) is 9.59 Å². The number of carboxylic acid groups (broad SMARTS) is 2. The van der Waals surface area contributed by atoms with Crippen molar-refractivity contribution in [2.45, 2.75) is 47.1 Å². The van der Waals surface area contributed by atoms with E-state index in [-0.39, 0.29) is 5.97 Å². The molecular weight excluding hydrogens is 276 g/mol. The highest BCUT2D eigenvalue weighted by molar-refractivity contribution is 5.74. The Morgan fingerprint density at radius 2 is 1.10 bits per heavy atom. The molecule has 118 valence electrons. The smallest absolute Gasteiger partial charge is 0.447 e. The first-order valence-corrected chi connectivity index (χ1v) is 5.46. The highest BCUT2D eigenvalue weighted by Gasteiger charge is 2.26. The summed E-state index contributed by atoms with van der Waals surface area (Å²) in [7, 11) is 0. The Morgan fingerprint density at radius 1 is 0.750 bits per heavy atom. The quantitative estimate of drug-likeness (QED) is 0.553. The minimum Gasteiger partial charge on any atom is -0.447 e. The van der Waals surface area contributed by atoms with Crippen molar-refractivity contribution < 1.29 is 44.1 Å². The molecule has 0 bridgehead atoms. The van der Waals surface area contributed by atoms with Crippen molar-refractivity contribution >= 4 is 18.3 Å². The summed E-state index contributed by atoms with van der Waals surface area (Å²) in [4.78, 5) is 45.5. The predicted octanol–water partition coefficient (Wildman–Crippen LogP) is 2.60. The molecule has 0 saturated heterocycles. The van der Waals surface area contributed by atoms with Gasteiger partial charge in [0.1, 0.15) is 5.60 Å². The van der Waals surface area contributed by atoms with E-state index in [0.717, 1.165) is 0 Å². The van der Waals surface area contributed by atoms with Crippen LogP contribution >= 0.6 is 0 Å². The molecule has 9 nitrogen and oxygen atoms in total. The second-order valence-electron chi connectivity index (χ2n) is 5.51. The molecule has 0 radical (unpaired) electrons. The van der Waals surface area contributed by atoms with Gasteiger partial charge in [-0.25, -0.2) is 24.2 Å². The molecule has 0 spiro atoms. The summed E-state index contributed by atoms with van der Waals surface area (Å²) in [6.07, 6.45) is -3.60. The third-order valence-electron chi connectivity index (χ3n) is 1.16. The zero-order valence-corrected chi connectivity index (χ0v) is 12.3. The molecule has 0 amide bonds. The van der Waals surface area contributed by atoms with Crippen LogP contribution in [0, 0.1) is 5.41 Å². The minimum absolute atomic E-state index is 0.350. The van der Waals surface area contributed by atoms with E-state index in [9.17, 15) is 14.4 Å². The maximum absolute atomic E-state index is 11.2. The lowest BCUT2D eigenvalue weighted by Gasteiger charge is -2.20. The molecule has 0 aromatic heterocycles. The first-order valence-electron chi connectivity index (χ1n) is 5.46. The lowest BCUT2D eigenvalue weighted by molar-refractivity contribution is -0.325. The van der Waals surface area contributed by atoms with E-state index >= 15 is 0 Å². The number of hydrogen-bond donors (Lipinski definition) is 2. The zero-order chi connectivity index (χ0) is 16.6. The first kappa shape index (κ1) is 20.3. The van der Waals surface area contributed by atoms with Gasteiger partial charge in [-0.2, -0.15) is 4.89 Å². The summed E-state index contributed by atoms with van der Waals surface area (Å²) >= 11 is 0. The van der Waals surface area contributed by atoms with E-state index in [1.54, 1.807) is 20.8 Å². The maximum atomic E-state index is 11.2. The van der Waals surface area contributed by atoms with Crippen LogP contribution in [0.5, 0.6) is 0 Å². The number of rotatable bonds is 1. The fourth-order valence-corrected chi connectivity index (χ4v) is 0.359. The topological polar surface area (TPSA) is 129 Å². The predicted molar refractivity (Wildman–Crippen MR) is 64.6 cm³/mol. The van der Waals surface area contributed by atoms with Crippen LogP contribution in [0.2, 0.25) is 0 Å². The SMILES string of the molecule is CC(C)(C)OOC(=O)C(C)(C)C.O=C(O)OOC(=O)O. The van der Waals surface area contributed by atoms with Crippen LogP contribution in [-0.2, 0) is 24.3 Å².